The third-order valence-corrected chi connectivity index (χ3v) is 6.68. The molecule has 4 rings (SSSR count). The second kappa shape index (κ2) is 10.3. The van der Waals surface area contributed by atoms with Crippen LogP contribution in [0, 0.1) is 19.8 Å². The minimum Gasteiger partial charge on any atom is -0.352 e. The van der Waals surface area contributed by atoms with Gasteiger partial charge in [0.2, 0.25) is 16.9 Å². The molecule has 1 aromatic heterocycles. The molecule has 1 aliphatic heterocycles. The Hall–Kier alpha value is -3.30. The van der Waals surface area contributed by atoms with Crippen molar-refractivity contribution in [3.05, 3.63) is 69.2 Å². The highest BCUT2D eigenvalue weighted by Crippen LogP contribution is 2.28. The van der Waals surface area contributed by atoms with Gasteiger partial charge in [0, 0.05) is 31.6 Å². The van der Waals surface area contributed by atoms with Crippen molar-refractivity contribution in [1.29, 1.82) is 0 Å². The number of aryl methyl sites for hydroxylation is 2. The number of nitrogens with one attached hydrogen (secondary N) is 2. The van der Waals surface area contributed by atoms with Crippen molar-refractivity contribution in [1.82, 2.24) is 15.5 Å². The average Bonchev–Trinajstić information content (AvgIpc) is 3.39. The first-order valence-electron chi connectivity index (χ1n) is 10.8. The Kier molecular flexibility index (Phi) is 7.23. The molecule has 0 bridgehead atoms. The number of hydrogen-bond donors (Lipinski definition) is 2. The van der Waals surface area contributed by atoms with E-state index in [2.05, 4.69) is 20.8 Å². The first-order valence-corrected chi connectivity index (χ1v) is 12.0. The van der Waals surface area contributed by atoms with Gasteiger partial charge in [0.15, 0.2) is 0 Å². The predicted molar refractivity (Wildman–Crippen MR) is 132 cm³/mol. The smallest absolute Gasteiger partial charge is 0.252 e. The zero-order valence-electron chi connectivity index (χ0n) is 18.8. The highest BCUT2D eigenvalue weighted by atomic mass is 35.5. The van der Waals surface area contributed by atoms with E-state index in [1.807, 2.05) is 32.0 Å². The molecule has 1 atom stereocenters. The molecule has 0 radical (unpaired) electrons. The molecule has 1 unspecified atom stereocenters. The molecule has 8 nitrogen and oxygen atoms in total. The quantitative estimate of drug-likeness (QED) is 0.517. The van der Waals surface area contributed by atoms with Crippen molar-refractivity contribution in [3.8, 4) is 0 Å². The molecule has 176 valence electrons. The maximum Gasteiger partial charge on any atom is 0.252 e. The Labute approximate surface area is 206 Å². The van der Waals surface area contributed by atoms with Crippen LogP contribution in [0.1, 0.15) is 32.9 Å². The van der Waals surface area contributed by atoms with Crippen LogP contribution in [0.2, 0.25) is 5.02 Å². The molecule has 2 N–H and O–H groups in total. The van der Waals surface area contributed by atoms with Crippen LogP contribution in [-0.2, 0) is 16.0 Å². The van der Waals surface area contributed by atoms with E-state index < -0.39 is 5.92 Å². The van der Waals surface area contributed by atoms with E-state index in [-0.39, 0.29) is 24.1 Å². The molecule has 1 aliphatic rings. The fourth-order valence-corrected chi connectivity index (χ4v) is 4.84. The van der Waals surface area contributed by atoms with E-state index in [1.165, 1.54) is 11.3 Å². The number of nitrogens with zero attached hydrogens (tertiary/aromatic N) is 3. The van der Waals surface area contributed by atoms with Crippen LogP contribution in [0.5, 0.6) is 0 Å². The van der Waals surface area contributed by atoms with Gasteiger partial charge in [-0.25, -0.2) is 0 Å². The van der Waals surface area contributed by atoms with Gasteiger partial charge in [0.05, 0.1) is 16.5 Å². The Bertz CT molecular complexity index is 1220. The zero-order chi connectivity index (χ0) is 24.2. The van der Waals surface area contributed by atoms with Gasteiger partial charge in [-0.3, -0.25) is 14.4 Å². The number of halogens is 1. The SMILES string of the molecule is Cc1cc(C)cc(N2CC(C(=O)Nc3nnc(CCNC(=O)c4ccccc4Cl)s3)CC2=O)c1. The summed E-state index contributed by atoms with van der Waals surface area (Å²) in [5, 5.41) is 15.1. The molecule has 34 heavy (non-hydrogen) atoms. The predicted octanol–water partition coefficient (Wildman–Crippen LogP) is 3.77. The first kappa shape index (κ1) is 23.8. The minimum atomic E-state index is -0.462. The Morgan fingerprint density at radius 1 is 1.15 bits per heavy atom. The van der Waals surface area contributed by atoms with Crippen molar-refractivity contribution in [3.63, 3.8) is 0 Å². The summed E-state index contributed by atoms with van der Waals surface area (Å²) >= 11 is 7.28. The standard InChI is InChI=1S/C24H24ClN5O3S/c1-14-9-15(2)11-17(10-14)30-13-16(12-21(30)31)22(32)27-24-29-28-20(34-24)7-8-26-23(33)18-5-3-4-6-19(18)25/h3-6,9-11,16H,7-8,12-13H2,1-2H3,(H,26,33)(H,27,29,32). The molecular weight excluding hydrogens is 474 g/mol. The largest absolute Gasteiger partial charge is 0.352 e. The first-order chi connectivity index (χ1) is 16.3. The second-order valence-electron chi connectivity index (χ2n) is 8.23. The molecule has 3 aromatic rings. The third-order valence-electron chi connectivity index (χ3n) is 5.45. The van der Waals surface area contributed by atoms with E-state index in [9.17, 15) is 14.4 Å². The van der Waals surface area contributed by atoms with Gasteiger partial charge in [-0.2, -0.15) is 0 Å². The van der Waals surface area contributed by atoms with Crippen LogP contribution in [0.4, 0.5) is 10.8 Å². The number of hydrogen-bond acceptors (Lipinski definition) is 6. The van der Waals surface area contributed by atoms with Crippen molar-refractivity contribution < 1.29 is 14.4 Å². The Morgan fingerprint density at radius 2 is 1.88 bits per heavy atom. The molecule has 1 saturated heterocycles. The summed E-state index contributed by atoms with van der Waals surface area (Å²) in [5.74, 6) is -1.05. The van der Waals surface area contributed by atoms with E-state index in [0.717, 1.165) is 16.8 Å². The van der Waals surface area contributed by atoms with Crippen LogP contribution in [-0.4, -0.2) is 41.0 Å². The average molecular weight is 498 g/mol. The van der Waals surface area contributed by atoms with E-state index in [1.54, 1.807) is 29.2 Å². The van der Waals surface area contributed by atoms with Gasteiger partial charge in [-0.15, -0.1) is 10.2 Å². The highest BCUT2D eigenvalue weighted by molar-refractivity contribution is 7.15. The van der Waals surface area contributed by atoms with Crippen molar-refractivity contribution >= 4 is 51.5 Å². The number of amides is 3. The van der Waals surface area contributed by atoms with Gasteiger partial charge in [-0.05, 0) is 49.2 Å². The minimum absolute atomic E-state index is 0.0719. The summed E-state index contributed by atoms with van der Waals surface area (Å²) in [6.07, 6.45) is 0.616. The number of benzene rings is 2. The lowest BCUT2D eigenvalue weighted by atomic mass is 10.1. The van der Waals surface area contributed by atoms with Gasteiger partial charge in [-0.1, -0.05) is 41.1 Å². The Morgan fingerprint density at radius 3 is 2.62 bits per heavy atom. The monoisotopic (exact) mass is 497 g/mol. The van der Waals surface area contributed by atoms with Crippen molar-refractivity contribution in [2.75, 3.05) is 23.3 Å². The third kappa shape index (κ3) is 5.60. The maximum atomic E-state index is 12.8. The van der Waals surface area contributed by atoms with Crippen LogP contribution in [0.15, 0.2) is 42.5 Å². The van der Waals surface area contributed by atoms with Crippen molar-refractivity contribution in [2.45, 2.75) is 26.7 Å². The zero-order valence-corrected chi connectivity index (χ0v) is 20.4. The molecule has 2 aromatic carbocycles. The van der Waals surface area contributed by atoms with E-state index in [0.29, 0.717) is 40.2 Å². The number of rotatable bonds is 7. The summed E-state index contributed by atoms with van der Waals surface area (Å²) in [5.41, 5.74) is 3.37. The van der Waals surface area contributed by atoms with Crippen LogP contribution < -0.4 is 15.5 Å². The number of carbonyl (C=O) groups is 3. The number of carbonyl (C=O) groups excluding carboxylic acids is 3. The molecule has 1 fully saturated rings. The van der Waals surface area contributed by atoms with Gasteiger partial charge in [0.1, 0.15) is 5.01 Å². The summed E-state index contributed by atoms with van der Waals surface area (Å²) in [7, 11) is 0. The van der Waals surface area contributed by atoms with Crippen LogP contribution in [0.3, 0.4) is 0 Å². The molecule has 2 heterocycles. The lowest BCUT2D eigenvalue weighted by Gasteiger charge is -2.18. The lowest BCUT2D eigenvalue weighted by molar-refractivity contribution is -0.122. The fraction of sp³-hybridized carbons (Fsp3) is 0.292. The summed E-state index contributed by atoms with van der Waals surface area (Å²) in [4.78, 5) is 39.2. The van der Waals surface area contributed by atoms with Gasteiger partial charge < -0.3 is 15.5 Å². The number of anilines is 2. The topological polar surface area (TPSA) is 104 Å². The molecule has 3 amide bonds. The molecule has 0 aliphatic carbocycles. The van der Waals surface area contributed by atoms with Crippen molar-refractivity contribution in [2.24, 2.45) is 5.92 Å². The summed E-state index contributed by atoms with van der Waals surface area (Å²) in [6, 6.07) is 12.8. The summed E-state index contributed by atoms with van der Waals surface area (Å²) < 4.78 is 0. The van der Waals surface area contributed by atoms with Gasteiger partial charge in [0.25, 0.3) is 5.91 Å². The highest BCUT2D eigenvalue weighted by Gasteiger charge is 2.35. The van der Waals surface area contributed by atoms with Crippen LogP contribution in [0.25, 0.3) is 0 Å². The molecule has 10 heteroatoms. The van der Waals surface area contributed by atoms with E-state index in [4.69, 9.17) is 11.6 Å². The van der Waals surface area contributed by atoms with Crippen LogP contribution >= 0.6 is 22.9 Å². The second-order valence-corrected chi connectivity index (χ2v) is 9.70. The Balaban J connectivity index is 1.29. The molecular formula is C24H24ClN5O3S. The molecule has 0 spiro atoms. The lowest BCUT2D eigenvalue weighted by Crippen LogP contribution is -2.28. The summed E-state index contributed by atoms with van der Waals surface area (Å²) in [6.45, 7) is 4.65. The van der Waals surface area contributed by atoms with Gasteiger partial charge >= 0.3 is 0 Å². The maximum absolute atomic E-state index is 12.8. The molecule has 0 saturated carbocycles. The number of aromatic nitrogens is 2. The normalized spacial score (nSPS) is 15.4. The van der Waals surface area contributed by atoms with E-state index >= 15 is 0 Å². The fourth-order valence-electron chi connectivity index (χ4n) is 3.88.